The Bertz CT molecular complexity index is 638. The lowest BCUT2D eigenvalue weighted by molar-refractivity contribution is 0.151. The van der Waals surface area contributed by atoms with Gasteiger partial charge in [-0.1, -0.05) is 18.2 Å². The van der Waals surface area contributed by atoms with Gasteiger partial charge in [0.25, 0.3) is 0 Å². The van der Waals surface area contributed by atoms with Crippen LogP contribution < -0.4 is 0 Å². The van der Waals surface area contributed by atoms with Gasteiger partial charge in [-0.05, 0) is 19.1 Å². The number of benzene rings is 1. The van der Waals surface area contributed by atoms with Gasteiger partial charge in [0, 0.05) is 17.2 Å². The molecule has 18 heavy (non-hydrogen) atoms. The Labute approximate surface area is 109 Å². The predicted molar refractivity (Wildman–Crippen MR) is 71.7 cm³/mol. The zero-order valence-electron chi connectivity index (χ0n) is 9.96. The Kier molecular flexibility index (Phi) is 2.89. The number of rotatable bonds is 3. The van der Waals surface area contributed by atoms with E-state index in [-0.39, 0.29) is 0 Å². The lowest BCUT2D eigenvalue weighted by Gasteiger charge is -2.04. The number of aromatic nitrogens is 1. The number of nitrogens with zero attached hydrogens (tertiary/aromatic N) is 1. The number of aryl methyl sites for hydroxylation is 1. The van der Waals surface area contributed by atoms with Crippen molar-refractivity contribution in [2.75, 3.05) is 0 Å². The molecule has 0 radical (unpaired) electrons. The van der Waals surface area contributed by atoms with Crippen LogP contribution in [-0.2, 0) is 6.42 Å². The molecule has 1 N–H and O–H groups in total. The molecule has 0 amide bonds. The van der Waals surface area contributed by atoms with E-state index in [1.807, 2.05) is 42.6 Å². The van der Waals surface area contributed by atoms with Crippen LogP contribution in [-0.4, -0.2) is 10.1 Å². The summed E-state index contributed by atoms with van der Waals surface area (Å²) in [6.45, 7) is 1.96. The summed E-state index contributed by atoms with van der Waals surface area (Å²) in [5.41, 5.74) is 1.71. The van der Waals surface area contributed by atoms with Crippen LogP contribution in [0.4, 0.5) is 0 Å². The van der Waals surface area contributed by atoms with Gasteiger partial charge in [0.1, 0.15) is 17.4 Å². The molecular weight excluding hydrogens is 246 g/mol. The largest absolute Gasteiger partial charge is 0.458 e. The van der Waals surface area contributed by atoms with Crippen LogP contribution in [0.1, 0.15) is 22.6 Å². The highest BCUT2D eigenvalue weighted by atomic mass is 32.1. The Balaban J connectivity index is 1.85. The van der Waals surface area contributed by atoms with Crippen LogP contribution in [0.2, 0.25) is 0 Å². The summed E-state index contributed by atoms with van der Waals surface area (Å²) in [5.74, 6) is 0.599. The minimum Gasteiger partial charge on any atom is -0.458 e. The van der Waals surface area contributed by atoms with Crippen molar-refractivity contribution in [1.29, 1.82) is 0 Å². The van der Waals surface area contributed by atoms with Gasteiger partial charge in [0.05, 0.1) is 10.7 Å². The topological polar surface area (TPSA) is 46.3 Å². The number of para-hydroxylation sites is 1. The quantitative estimate of drug-likeness (QED) is 0.783. The summed E-state index contributed by atoms with van der Waals surface area (Å²) < 4.78 is 5.63. The highest BCUT2D eigenvalue weighted by Gasteiger charge is 2.15. The van der Waals surface area contributed by atoms with Crippen LogP contribution in [0, 0.1) is 6.92 Å². The minimum absolute atomic E-state index is 0.490. The Morgan fingerprint density at radius 1 is 1.39 bits per heavy atom. The molecule has 0 bridgehead atoms. The second-order valence-electron chi connectivity index (χ2n) is 4.26. The van der Waals surface area contributed by atoms with Crippen LogP contribution >= 0.6 is 11.3 Å². The second-order valence-corrected chi connectivity index (χ2v) is 5.33. The minimum atomic E-state index is -0.640. The lowest BCUT2D eigenvalue weighted by atomic mass is 10.1. The molecule has 92 valence electrons. The fraction of sp³-hybridized carbons (Fsp3) is 0.214. The fourth-order valence-electron chi connectivity index (χ4n) is 1.97. The van der Waals surface area contributed by atoms with E-state index in [0.29, 0.717) is 12.2 Å². The van der Waals surface area contributed by atoms with Crippen molar-refractivity contribution in [3.8, 4) is 0 Å². The molecule has 1 unspecified atom stereocenters. The molecule has 0 aliphatic heterocycles. The average Bonchev–Trinajstić information content (AvgIpc) is 2.95. The van der Waals surface area contributed by atoms with Crippen molar-refractivity contribution in [2.45, 2.75) is 19.4 Å². The first kappa shape index (κ1) is 11.4. The van der Waals surface area contributed by atoms with E-state index in [0.717, 1.165) is 21.7 Å². The van der Waals surface area contributed by atoms with Crippen molar-refractivity contribution in [1.82, 2.24) is 4.98 Å². The lowest BCUT2D eigenvalue weighted by Crippen LogP contribution is -2.00. The molecule has 1 atom stereocenters. The van der Waals surface area contributed by atoms with Crippen LogP contribution in [0.25, 0.3) is 11.0 Å². The van der Waals surface area contributed by atoms with Gasteiger partial charge in [-0.25, -0.2) is 4.98 Å². The van der Waals surface area contributed by atoms with Gasteiger partial charge < -0.3 is 9.52 Å². The molecule has 1 aromatic carbocycles. The highest BCUT2D eigenvalue weighted by Crippen LogP contribution is 2.26. The molecule has 2 aromatic heterocycles. The summed E-state index contributed by atoms with van der Waals surface area (Å²) in [4.78, 5) is 4.35. The Morgan fingerprint density at radius 3 is 2.94 bits per heavy atom. The van der Waals surface area contributed by atoms with E-state index in [2.05, 4.69) is 4.98 Å². The smallest absolute Gasteiger partial charge is 0.134 e. The third-order valence-corrected chi connectivity index (χ3v) is 3.66. The molecule has 3 rings (SSSR count). The first-order valence-electron chi connectivity index (χ1n) is 5.80. The van der Waals surface area contributed by atoms with Crippen molar-refractivity contribution < 1.29 is 9.52 Å². The molecular formula is C14H13NO2S. The number of thiazole rings is 1. The number of fused-ring (bicyclic) bond motifs is 1. The number of hydrogen-bond acceptors (Lipinski definition) is 4. The van der Waals surface area contributed by atoms with E-state index in [9.17, 15) is 5.11 Å². The Hall–Kier alpha value is -1.65. The van der Waals surface area contributed by atoms with E-state index in [4.69, 9.17) is 4.42 Å². The molecule has 2 heterocycles. The zero-order chi connectivity index (χ0) is 12.5. The third kappa shape index (κ3) is 2.17. The van der Waals surface area contributed by atoms with E-state index in [1.165, 1.54) is 0 Å². The molecule has 0 aliphatic rings. The summed E-state index contributed by atoms with van der Waals surface area (Å²) in [6.07, 6.45) is -0.150. The van der Waals surface area contributed by atoms with Crippen LogP contribution in [0.15, 0.2) is 40.1 Å². The number of aliphatic hydroxyl groups is 1. The van der Waals surface area contributed by atoms with Crippen molar-refractivity contribution in [3.05, 3.63) is 52.2 Å². The van der Waals surface area contributed by atoms with Gasteiger partial charge in [-0.3, -0.25) is 0 Å². The van der Waals surface area contributed by atoms with Gasteiger partial charge in [0.15, 0.2) is 0 Å². The number of furan rings is 1. The molecule has 0 fully saturated rings. The van der Waals surface area contributed by atoms with E-state index < -0.39 is 6.10 Å². The molecule has 0 aliphatic carbocycles. The SMILES string of the molecule is Cc1nc(CC(O)c2cc3ccccc3o2)cs1. The molecule has 3 nitrogen and oxygen atoms in total. The number of aliphatic hydroxyl groups excluding tert-OH is 1. The fourth-order valence-corrected chi connectivity index (χ4v) is 2.59. The van der Waals surface area contributed by atoms with Crippen LogP contribution in [0.3, 0.4) is 0 Å². The molecule has 0 saturated carbocycles. The maximum absolute atomic E-state index is 10.2. The molecule has 4 heteroatoms. The van der Waals surface area contributed by atoms with Gasteiger partial charge in [-0.2, -0.15) is 0 Å². The summed E-state index contributed by atoms with van der Waals surface area (Å²) >= 11 is 1.59. The zero-order valence-corrected chi connectivity index (χ0v) is 10.8. The van der Waals surface area contributed by atoms with Gasteiger partial charge in [-0.15, -0.1) is 11.3 Å². The van der Waals surface area contributed by atoms with E-state index in [1.54, 1.807) is 11.3 Å². The summed E-state index contributed by atoms with van der Waals surface area (Å²) in [6, 6.07) is 9.64. The normalized spacial score (nSPS) is 13.0. The first-order valence-corrected chi connectivity index (χ1v) is 6.68. The van der Waals surface area contributed by atoms with Crippen molar-refractivity contribution >= 4 is 22.3 Å². The molecule has 0 spiro atoms. The van der Waals surface area contributed by atoms with Crippen molar-refractivity contribution in [2.24, 2.45) is 0 Å². The van der Waals surface area contributed by atoms with Gasteiger partial charge >= 0.3 is 0 Å². The van der Waals surface area contributed by atoms with Crippen LogP contribution in [0.5, 0.6) is 0 Å². The highest BCUT2D eigenvalue weighted by molar-refractivity contribution is 7.09. The maximum Gasteiger partial charge on any atom is 0.134 e. The summed E-state index contributed by atoms with van der Waals surface area (Å²) in [5, 5.41) is 14.2. The number of hydrogen-bond donors (Lipinski definition) is 1. The standard InChI is InChI=1S/C14H13NO2S/c1-9-15-11(8-18-9)7-12(16)14-6-10-4-2-3-5-13(10)17-14/h2-6,8,12,16H,7H2,1H3. The van der Waals surface area contributed by atoms with Gasteiger partial charge in [0.2, 0.25) is 0 Å². The Morgan fingerprint density at radius 2 is 2.22 bits per heavy atom. The monoisotopic (exact) mass is 259 g/mol. The average molecular weight is 259 g/mol. The van der Waals surface area contributed by atoms with E-state index >= 15 is 0 Å². The predicted octanol–water partition coefficient (Wildman–Crippen LogP) is 3.47. The molecule has 3 aromatic rings. The van der Waals surface area contributed by atoms with Crippen molar-refractivity contribution in [3.63, 3.8) is 0 Å². The summed E-state index contributed by atoms with van der Waals surface area (Å²) in [7, 11) is 0. The first-order chi connectivity index (χ1) is 8.72. The third-order valence-electron chi connectivity index (χ3n) is 2.84. The molecule has 0 saturated heterocycles. The maximum atomic E-state index is 10.2. The second kappa shape index (κ2) is 4.55.